The fraction of sp³-hybridized carbons (Fsp3) is 0.364. The van der Waals surface area contributed by atoms with Gasteiger partial charge >= 0.3 is 0 Å². The minimum Gasteiger partial charge on any atom is -0.355 e. The van der Waals surface area contributed by atoms with Crippen LogP contribution in [-0.4, -0.2) is 29.3 Å². The number of likely N-dealkylation sites (N-methyl/N-ethyl adjacent to an activating group) is 1. The molecule has 4 nitrogen and oxygen atoms in total. The minimum absolute atomic E-state index is 0.0991. The van der Waals surface area contributed by atoms with Crippen LogP contribution in [0.1, 0.15) is 37.8 Å². The van der Waals surface area contributed by atoms with Crippen LogP contribution in [0.15, 0.2) is 48.5 Å². The number of aryl methyl sites for hydroxylation is 1. The molecule has 0 radical (unpaired) electrons. The van der Waals surface area contributed by atoms with E-state index >= 15 is 0 Å². The van der Waals surface area contributed by atoms with Crippen LogP contribution in [0.2, 0.25) is 10.0 Å². The Morgan fingerprint density at radius 3 is 2.07 bits per heavy atom. The van der Waals surface area contributed by atoms with Crippen molar-refractivity contribution in [3.8, 4) is 0 Å². The molecule has 0 aliphatic heterocycles. The van der Waals surface area contributed by atoms with Crippen molar-refractivity contribution in [1.82, 2.24) is 10.2 Å². The number of amides is 2. The summed E-state index contributed by atoms with van der Waals surface area (Å²) in [4.78, 5) is 27.3. The third kappa shape index (κ3) is 5.98. The van der Waals surface area contributed by atoms with Crippen molar-refractivity contribution in [2.75, 3.05) is 6.54 Å². The Bertz CT molecular complexity index is 811. The summed E-state index contributed by atoms with van der Waals surface area (Å²) in [7, 11) is 0. The molecule has 0 fully saturated rings. The summed E-state index contributed by atoms with van der Waals surface area (Å²) in [6.07, 6.45) is 1.31. The summed E-state index contributed by atoms with van der Waals surface area (Å²) in [6, 6.07) is 14.3. The molecule has 1 unspecified atom stereocenters. The van der Waals surface area contributed by atoms with Crippen molar-refractivity contribution in [2.24, 2.45) is 0 Å². The second-order valence-corrected chi connectivity index (χ2v) is 7.34. The van der Waals surface area contributed by atoms with E-state index in [2.05, 4.69) is 5.32 Å². The molecule has 150 valence electrons. The Hall–Kier alpha value is -2.04. The largest absolute Gasteiger partial charge is 0.355 e. The highest BCUT2D eigenvalue weighted by molar-refractivity contribution is 6.31. The highest BCUT2D eigenvalue weighted by Crippen LogP contribution is 2.22. The molecule has 0 heterocycles. The summed E-state index contributed by atoms with van der Waals surface area (Å²) in [5, 5.41) is 4.05. The van der Waals surface area contributed by atoms with E-state index in [0.29, 0.717) is 29.4 Å². The number of halogens is 2. The highest BCUT2D eigenvalue weighted by atomic mass is 35.5. The van der Waals surface area contributed by atoms with Gasteiger partial charge in [0.05, 0.1) is 0 Å². The van der Waals surface area contributed by atoms with Gasteiger partial charge in [-0.1, -0.05) is 66.5 Å². The summed E-state index contributed by atoms with van der Waals surface area (Å²) in [5.74, 6) is -0.249. The van der Waals surface area contributed by atoms with Gasteiger partial charge in [0.2, 0.25) is 11.8 Å². The second kappa shape index (κ2) is 11.1. The number of nitrogens with zero attached hydrogens (tertiary/aromatic N) is 1. The van der Waals surface area contributed by atoms with Crippen LogP contribution in [0, 0.1) is 0 Å². The Labute approximate surface area is 176 Å². The number of nitrogens with one attached hydrogen (secondary N) is 1. The number of benzene rings is 2. The van der Waals surface area contributed by atoms with Gasteiger partial charge in [0, 0.05) is 29.6 Å². The molecule has 0 aliphatic carbocycles. The lowest BCUT2D eigenvalue weighted by Crippen LogP contribution is -2.49. The van der Waals surface area contributed by atoms with E-state index in [4.69, 9.17) is 23.2 Å². The molecule has 0 aliphatic rings. The fourth-order valence-electron chi connectivity index (χ4n) is 3.11. The van der Waals surface area contributed by atoms with Gasteiger partial charge < -0.3 is 10.2 Å². The van der Waals surface area contributed by atoms with E-state index in [-0.39, 0.29) is 24.8 Å². The van der Waals surface area contributed by atoms with E-state index in [1.165, 1.54) is 0 Å². The Balaban J connectivity index is 2.23. The zero-order chi connectivity index (χ0) is 20.5. The van der Waals surface area contributed by atoms with Crippen molar-refractivity contribution < 1.29 is 9.59 Å². The van der Waals surface area contributed by atoms with Crippen LogP contribution in [0.25, 0.3) is 0 Å². The van der Waals surface area contributed by atoms with Crippen LogP contribution >= 0.6 is 23.2 Å². The molecule has 0 saturated heterocycles. The predicted molar refractivity (Wildman–Crippen MR) is 115 cm³/mol. The zero-order valence-electron chi connectivity index (χ0n) is 16.3. The van der Waals surface area contributed by atoms with Gasteiger partial charge in [0.1, 0.15) is 6.04 Å². The molecule has 0 aromatic heterocycles. The van der Waals surface area contributed by atoms with Gasteiger partial charge in [-0.2, -0.15) is 0 Å². The maximum absolute atomic E-state index is 13.1. The molecule has 28 heavy (non-hydrogen) atoms. The summed E-state index contributed by atoms with van der Waals surface area (Å²) in [5.41, 5.74) is 1.74. The minimum atomic E-state index is -0.546. The molecule has 0 bridgehead atoms. The zero-order valence-corrected chi connectivity index (χ0v) is 17.8. The number of hydrogen-bond acceptors (Lipinski definition) is 2. The van der Waals surface area contributed by atoms with E-state index in [9.17, 15) is 9.59 Å². The maximum atomic E-state index is 13.1. The molecule has 0 spiro atoms. The summed E-state index contributed by atoms with van der Waals surface area (Å²) in [6.45, 7) is 4.57. The van der Waals surface area contributed by atoms with Crippen LogP contribution in [0.4, 0.5) is 0 Å². The average molecular weight is 421 g/mol. The molecule has 2 rings (SSSR count). The molecule has 2 aromatic carbocycles. The van der Waals surface area contributed by atoms with E-state index in [1.54, 1.807) is 11.0 Å². The standard InChI is InChI=1S/C22H26Cl2N2O2/c1-3-20(22(28)25-4-2)26(15-17-10-6-8-12-19(17)24)21(27)14-13-16-9-5-7-11-18(16)23/h5-12,20H,3-4,13-15H2,1-2H3,(H,25,28). The molecule has 2 amide bonds. The van der Waals surface area contributed by atoms with Crippen LogP contribution in [0.3, 0.4) is 0 Å². The highest BCUT2D eigenvalue weighted by Gasteiger charge is 2.28. The van der Waals surface area contributed by atoms with Gasteiger partial charge in [0.25, 0.3) is 0 Å². The van der Waals surface area contributed by atoms with E-state index in [0.717, 1.165) is 11.1 Å². The number of carbonyl (C=O) groups excluding carboxylic acids is 2. The fourth-order valence-corrected chi connectivity index (χ4v) is 3.53. The second-order valence-electron chi connectivity index (χ2n) is 6.52. The lowest BCUT2D eigenvalue weighted by Gasteiger charge is -2.31. The predicted octanol–water partition coefficient (Wildman–Crippen LogP) is 4.87. The van der Waals surface area contributed by atoms with E-state index < -0.39 is 6.04 Å². The van der Waals surface area contributed by atoms with Gasteiger partial charge in [-0.05, 0) is 43.0 Å². The number of rotatable bonds is 9. The third-order valence-electron chi connectivity index (χ3n) is 4.60. The maximum Gasteiger partial charge on any atom is 0.242 e. The first-order chi connectivity index (χ1) is 13.5. The summed E-state index contributed by atoms with van der Waals surface area (Å²) >= 11 is 12.5. The topological polar surface area (TPSA) is 49.4 Å². The average Bonchev–Trinajstić information content (AvgIpc) is 2.68. The SMILES string of the molecule is CCNC(=O)C(CC)N(Cc1ccccc1Cl)C(=O)CCc1ccccc1Cl. The molecule has 1 N–H and O–H groups in total. The number of carbonyl (C=O) groups is 2. The van der Waals surface area contributed by atoms with Gasteiger partial charge in [-0.15, -0.1) is 0 Å². The molecule has 1 atom stereocenters. The molecule has 2 aromatic rings. The first-order valence-electron chi connectivity index (χ1n) is 9.51. The van der Waals surface area contributed by atoms with Gasteiger partial charge in [-0.3, -0.25) is 9.59 Å². The van der Waals surface area contributed by atoms with Crippen LogP contribution < -0.4 is 5.32 Å². The van der Waals surface area contributed by atoms with Crippen molar-refractivity contribution >= 4 is 35.0 Å². The Morgan fingerprint density at radius 1 is 0.964 bits per heavy atom. The molecular formula is C22H26Cl2N2O2. The smallest absolute Gasteiger partial charge is 0.242 e. The quantitative estimate of drug-likeness (QED) is 0.628. The normalized spacial score (nSPS) is 11.7. The van der Waals surface area contributed by atoms with Gasteiger partial charge in [0.15, 0.2) is 0 Å². The van der Waals surface area contributed by atoms with Crippen molar-refractivity contribution in [1.29, 1.82) is 0 Å². The Morgan fingerprint density at radius 2 is 1.54 bits per heavy atom. The third-order valence-corrected chi connectivity index (χ3v) is 5.34. The molecule has 6 heteroatoms. The van der Waals surface area contributed by atoms with Crippen molar-refractivity contribution in [2.45, 2.75) is 45.7 Å². The first-order valence-corrected chi connectivity index (χ1v) is 10.3. The van der Waals surface area contributed by atoms with Gasteiger partial charge in [-0.25, -0.2) is 0 Å². The number of hydrogen-bond donors (Lipinski definition) is 1. The monoisotopic (exact) mass is 420 g/mol. The van der Waals surface area contributed by atoms with E-state index in [1.807, 2.05) is 56.3 Å². The van der Waals surface area contributed by atoms with Crippen LogP contribution in [0.5, 0.6) is 0 Å². The Kier molecular flexibility index (Phi) is 8.81. The summed E-state index contributed by atoms with van der Waals surface area (Å²) < 4.78 is 0. The first kappa shape index (κ1) is 22.3. The molecule has 0 saturated carbocycles. The van der Waals surface area contributed by atoms with Crippen molar-refractivity contribution in [3.05, 3.63) is 69.7 Å². The van der Waals surface area contributed by atoms with Crippen molar-refractivity contribution in [3.63, 3.8) is 0 Å². The van der Waals surface area contributed by atoms with Crippen LogP contribution in [-0.2, 0) is 22.6 Å². The lowest BCUT2D eigenvalue weighted by molar-refractivity contribution is -0.141. The molecular weight excluding hydrogens is 395 g/mol. The lowest BCUT2D eigenvalue weighted by atomic mass is 10.1.